The molecule has 154 valence electrons. The standard InChI is InChI=1S/C25H21N3O2S/c1-30-20-13-11-19(12-14-20)22-15-16-26-25(28-22)31-17-24(29)27-23-10-6-5-9-21(23)18-7-3-2-4-8-18/h2-16H,17H2,1H3,(H,27,29). The largest absolute Gasteiger partial charge is 0.497 e. The molecule has 1 amide bonds. The van der Waals surface area contributed by atoms with Gasteiger partial charge >= 0.3 is 0 Å². The van der Waals surface area contributed by atoms with Gasteiger partial charge in [0, 0.05) is 23.0 Å². The van der Waals surface area contributed by atoms with Gasteiger partial charge in [-0.25, -0.2) is 9.97 Å². The normalized spacial score (nSPS) is 10.5. The van der Waals surface area contributed by atoms with Crippen LogP contribution in [0.3, 0.4) is 0 Å². The van der Waals surface area contributed by atoms with Gasteiger partial charge < -0.3 is 10.1 Å². The lowest BCUT2D eigenvalue weighted by Gasteiger charge is -2.11. The van der Waals surface area contributed by atoms with E-state index in [1.54, 1.807) is 13.3 Å². The Balaban J connectivity index is 1.42. The van der Waals surface area contributed by atoms with Gasteiger partial charge in [-0.2, -0.15) is 0 Å². The topological polar surface area (TPSA) is 64.1 Å². The fourth-order valence-corrected chi connectivity index (χ4v) is 3.74. The molecule has 3 aromatic carbocycles. The summed E-state index contributed by atoms with van der Waals surface area (Å²) in [6, 6.07) is 27.3. The van der Waals surface area contributed by atoms with Gasteiger partial charge in [0.05, 0.1) is 18.6 Å². The molecule has 0 saturated carbocycles. The van der Waals surface area contributed by atoms with Gasteiger partial charge in [0.2, 0.25) is 5.91 Å². The second kappa shape index (κ2) is 9.91. The summed E-state index contributed by atoms with van der Waals surface area (Å²) in [6.45, 7) is 0. The van der Waals surface area contributed by atoms with Crippen LogP contribution in [0.4, 0.5) is 5.69 Å². The fraction of sp³-hybridized carbons (Fsp3) is 0.0800. The molecule has 6 heteroatoms. The van der Waals surface area contributed by atoms with Crippen molar-refractivity contribution in [1.82, 2.24) is 9.97 Å². The Morgan fingerprint density at radius 2 is 1.65 bits per heavy atom. The first-order valence-electron chi connectivity index (χ1n) is 9.77. The summed E-state index contributed by atoms with van der Waals surface area (Å²) < 4.78 is 5.20. The number of carbonyl (C=O) groups is 1. The number of thioether (sulfide) groups is 1. The summed E-state index contributed by atoms with van der Waals surface area (Å²) in [5.74, 6) is 0.904. The Kier molecular flexibility index (Phi) is 6.59. The number of hydrogen-bond donors (Lipinski definition) is 1. The van der Waals surface area contributed by atoms with E-state index in [9.17, 15) is 4.79 Å². The minimum atomic E-state index is -0.105. The second-order valence-electron chi connectivity index (χ2n) is 6.70. The van der Waals surface area contributed by atoms with Crippen LogP contribution >= 0.6 is 11.8 Å². The number of nitrogens with one attached hydrogen (secondary N) is 1. The van der Waals surface area contributed by atoms with Crippen LogP contribution in [-0.2, 0) is 4.79 Å². The Labute approximate surface area is 185 Å². The molecule has 0 saturated heterocycles. The summed E-state index contributed by atoms with van der Waals surface area (Å²) in [5, 5.41) is 3.56. The van der Waals surface area contributed by atoms with Crippen LogP contribution in [-0.4, -0.2) is 28.7 Å². The number of ether oxygens (including phenoxy) is 1. The predicted octanol–water partition coefficient (Wildman–Crippen LogP) is 5.55. The smallest absolute Gasteiger partial charge is 0.234 e. The molecule has 0 unspecified atom stereocenters. The molecule has 5 nitrogen and oxygen atoms in total. The zero-order valence-electron chi connectivity index (χ0n) is 17.0. The van der Waals surface area contributed by atoms with Crippen LogP contribution in [0.25, 0.3) is 22.4 Å². The monoisotopic (exact) mass is 427 g/mol. The summed E-state index contributed by atoms with van der Waals surface area (Å²) in [6.07, 6.45) is 1.71. The van der Waals surface area contributed by atoms with Crippen molar-refractivity contribution < 1.29 is 9.53 Å². The first-order chi connectivity index (χ1) is 15.2. The van der Waals surface area contributed by atoms with Crippen molar-refractivity contribution in [2.45, 2.75) is 5.16 Å². The molecular formula is C25H21N3O2S. The third kappa shape index (κ3) is 5.29. The molecule has 4 rings (SSSR count). The lowest BCUT2D eigenvalue weighted by molar-refractivity contribution is -0.113. The van der Waals surface area contributed by atoms with Crippen LogP contribution in [0.2, 0.25) is 0 Å². The molecule has 0 atom stereocenters. The van der Waals surface area contributed by atoms with Crippen LogP contribution < -0.4 is 10.1 Å². The molecule has 4 aromatic rings. The van der Waals surface area contributed by atoms with Gasteiger partial charge in [-0.05, 0) is 42.0 Å². The predicted molar refractivity (Wildman–Crippen MR) is 125 cm³/mol. The number of amides is 1. The maximum absolute atomic E-state index is 12.6. The van der Waals surface area contributed by atoms with Crippen molar-refractivity contribution in [2.75, 3.05) is 18.2 Å². The molecule has 0 fully saturated rings. The number of anilines is 1. The van der Waals surface area contributed by atoms with Crippen molar-refractivity contribution in [2.24, 2.45) is 0 Å². The van der Waals surface area contributed by atoms with E-state index < -0.39 is 0 Å². The molecule has 0 spiro atoms. The number of nitrogens with zero attached hydrogens (tertiary/aromatic N) is 2. The van der Waals surface area contributed by atoms with E-state index >= 15 is 0 Å². The molecule has 1 aromatic heterocycles. The minimum Gasteiger partial charge on any atom is -0.497 e. The SMILES string of the molecule is COc1ccc(-c2ccnc(SCC(=O)Nc3ccccc3-c3ccccc3)n2)cc1. The summed E-state index contributed by atoms with van der Waals surface area (Å²) >= 11 is 1.31. The van der Waals surface area contributed by atoms with Gasteiger partial charge in [-0.15, -0.1) is 0 Å². The maximum atomic E-state index is 12.6. The van der Waals surface area contributed by atoms with E-state index in [1.807, 2.05) is 84.9 Å². The van der Waals surface area contributed by atoms with E-state index in [1.165, 1.54) is 11.8 Å². The number of para-hydroxylation sites is 1. The molecular weight excluding hydrogens is 406 g/mol. The fourth-order valence-electron chi connectivity index (χ4n) is 3.11. The van der Waals surface area contributed by atoms with E-state index in [0.717, 1.165) is 33.8 Å². The van der Waals surface area contributed by atoms with Crippen LogP contribution in [0, 0.1) is 0 Å². The highest BCUT2D eigenvalue weighted by molar-refractivity contribution is 7.99. The number of benzene rings is 3. The van der Waals surface area contributed by atoms with Crippen LogP contribution in [0.1, 0.15) is 0 Å². The zero-order chi connectivity index (χ0) is 21.5. The molecule has 1 N–H and O–H groups in total. The first kappa shape index (κ1) is 20.6. The molecule has 0 aliphatic carbocycles. The van der Waals surface area contributed by atoms with Crippen molar-refractivity contribution in [3.05, 3.63) is 91.1 Å². The second-order valence-corrected chi connectivity index (χ2v) is 7.64. The number of hydrogen-bond acceptors (Lipinski definition) is 5. The molecule has 0 radical (unpaired) electrons. The molecule has 0 aliphatic rings. The van der Waals surface area contributed by atoms with Gasteiger partial charge in [-0.3, -0.25) is 4.79 Å². The summed E-state index contributed by atoms with van der Waals surface area (Å²) in [4.78, 5) is 21.5. The highest BCUT2D eigenvalue weighted by Gasteiger charge is 2.10. The lowest BCUT2D eigenvalue weighted by atomic mass is 10.0. The first-order valence-corrected chi connectivity index (χ1v) is 10.8. The Morgan fingerprint density at radius 1 is 0.903 bits per heavy atom. The lowest BCUT2D eigenvalue weighted by Crippen LogP contribution is -2.15. The third-order valence-electron chi connectivity index (χ3n) is 4.64. The highest BCUT2D eigenvalue weighted by atomic mass is 32.2. The van der Waals surface area contributed by atoms with Crippen molar-refractivity contribution in [3.63, 3.8) is 0 Å². The van der Waals surface area contributed by atoms with E-state index in [0.29, 0.717) is 5.16 Å². The Hall–Kier alpha value is -3.64. The van der Waals surface area contributed by atoms with Gasteiger partial charge in [-0.1, -0.05) is 60.3 Å². The molecule has 0 aliphatic heterocycles. The van der Waals surface area contributed by atoms with Crippen molar-refractivity contribution >= 4 is 23.4 Å². The average Bonchev–Trinajstić information content (AvgIpc) is 2.84. The van der Waals surface area contributed by atoms with Gasteiger partial charge in [0.15, 0.2) is 5.16 Å². The minimum absolute atomic E-state index is 0.105. The van der Waals surface area contributed by atoms with Crippen LogP contribution in [0.15, 0.2) is 96.3 Å². The number of methoxy groups -OCH3 is 1. The van der Waals surface area contributed by atoms with Crippen molar-refractivity contribution in [1.29, 1.82) is 0 Å². The summed E-state index contributed by atoms with van der Waals surface area (Å²) in [5.41, 5.74) is 4.59. The molecule has 31 heavy (non-hydrogen) atoms. The van der Waals surface area contributed by atoms with Crippen molar-refractivity contribution in [3.8, 4) is 28.1 Å². The summed E-state index contributed by atoms with van der Waals surface area (Å²) in [7, 11) is 1.64. The third-order valence-corrected chi connectivity index (χ3v) is 5.50. The number of aromatic nitrogens is 2. The molecule has 1 heterocycles. The zero-order valence-corrected chi connectivity index (χ0v) is 17.8. The van der Waals surface area contributed by atoms with E-state index in [-0.39, 0.29) is 11.7 Å². The Morgan fingerprint density at radius 3 is 2.42 bits per heavy atom. The van der Waals surface area contributed by atoms with E-state index in [4.69, 9.17) is 4.74 Å². The van der Waals surface area contributed by atoms with Gasteiger partial charge in [0.1, 0.15) is 5.75 Å². The quantitative estimate of drug-likeness (QED) is 0.309. The average molecular weight is 428 g/mol. The van der Waals surface area contributed by atoms with Crippen LogP contribution in [0.5, 0.6) is 5.75 Å². The Bertz CT molecular complexity index is 1160. The number of carbonyl (C=O) groups excluding carboxylic acids is 1. The van der Waals surface area contributed by atoms with Gasteiger partial charge in [0.25, 0.3) is 0 Å². The molecule has 0 bridgehead atoms. The number of rotatable bonds is 7. The highest BCUT2D eigenvalue weighted by Crippen LogP contribution is 2.28. The maximum Gasteiger partial charge on any atom is 0.234 e. The van der Waals surface area contributed by atoms with E-state index in [2.05, 4.69) is 15.3 Å².